The molecule has 56 heavy (non-hydrogen) atoms. The second-order valence-electron chi connectivity index (χ2n) is 14.1. The number of aromatic nitrogens is 2. The van der Waals surface area contributed by atoms with Crippen molar-refractivity contribution in [1.29, 1.82) is 0 Å². The van der Waals surface area contributed by atoms with Crippen molar-refractivity contribution in [2.45, 2.75) is 0 Å². The van der Waals surface area contributed by atoms with Gasteiger partial charge in [-0.05, 0) is 88.0 Å². The van der Waals surface area contributed by atoms with Crippen molar-refractivity contribution >= 4 is 43.9 Å². The summed E-state index contributed by atoms with van der Waals surface area (Å²) in [5, 5.41) is 4.40. The normalized spacial score (nSPS) is 11.6. The molecule has 0 amide bonds. The van der Waals surface area contributed by atoms with E-state index < -0.39 is 0 Å². The largest absolute Gasteiger partial charge is 0.456 e. The smallest absolute Gasteiger partial charge is 0.160 e. The van der Waals surface area contributed by atoms with E-state index in [0.717, 1.165) is 105 Å². The molecule has 3 aromatic heterocycles. The molecular formula is C52H32N2O2. The summed E-state index contributed by atoms with van der Waals surface area (Å²) >= 11 is 0. The molecule has 4 heteroatoms. The molecule has 262 valence electrons. The van der Waals surface area contributed by atoms with Crippen LogP contribution in [0.1, 0.15) is 0 Å². The van der Waals surface area contributed by atoms with Crippen LogP contribution in [0.2, 0.25) is 0 Å². The standard InChI is InChI=1S/C52H32N2O2/c1-3-14-33(15-4-1)37-29-38(41-23-13-27-49-51(41)43-21-8-10-25-47(43)56-49)31-39(30-37)45-32-44(34-16-5-2-6-17-34)53-52(54-45)36-19-11-18-35(28-36)40-22-12-26-48-50(40)42-20-7-9-24-46(42)55-48/h1-32H. The minimum absolute atomic E-state index is 0.655. The van der Waals surface area contributed by atoms with Gasteiger partial charge in [0.25, 0.3) is 0 Å². The predicted octanol–water partition coefficient (Wildman–Crippen LogP) is 14.3. The minimum Gasteiger partial charge on any atom is -0.456 e. The molecule has 3 heterocycles. The van der Waals surface area contributed by atoms with Crippen LogP contribution in [0.25, 0.3) is 111 Å². The zero-order valence-corrected chi connectivity index (χ0v) is 30.2. The topological polar surface area (TPSA) is 52.1 Å². The molecule has 0 N–H and O–H groups in total. The Morgan fingerprint density at radius 1 is 0.286 bits per heavy atom. The quantitative estimate of drug-likeness (QED) is 0.172. The second-order valence-corrected chi connectivity index (χ2v) is 14.1. The fourth-order valence-corrected chi connectivity index (χ4v) is 8.07. The molecule has 0 radical (unpaired) electrons. The van der Waals surface area contributed by atoms with Crippen LogP contribution >= 0.6 is 0 Å². The van der Waals surface area contributed by atoms with Gasteiger partial charge in [0.1, 0.15) is 22.3 Å². The molecule has 8 aromatic carbocycles. The summed E-state index contributed by atoms with van der Waals surface area (Å²) in [4.78, 5) is 10.6. The van der Waals surface area contributed by atoms with Crippen molar-refractivity contribution in [3.8, 4) is 67.3 Å². The summed E-state index contributed by atoms with van der Waals surface area (Å²) in [6.07, 6.45) is 0. The van der Waals surface area contributed by atoms with Gasteiger partial charge in [0.15, 0.2) is 5.82 Å². The molecule has 0 spiro atoms. The third-order valence-electron chi connectivity index (χ3n) is 10.7. The summed E-state index contributed by atoms with van der Waals surface area (Å²) in [7, 11) is 0. The molecule has 0 saturated carbocycles. The maximum atomic E-state index is 6.33. The van der Waals surface area contributed by atoms with Crippen LogP contribution in [0.5, 0.6) is 0 Å². The van der Waals surface area contributed by atoms with Gasteiger partial charge in [-0.25, -0.2) is 9.97 Å². The third-order valence-corrected chi connectivity index (χ3v) is 10.7. The Hall–Kier alpha value is -7.56. The lowest BCUT2D eigenvalue weighted by Crippen LogP contribution is -1.97. The minimum atomic E-state index is 0.655. The lowest BCUT2D eigenvalue weighted by molar-refractivity contribution is 0.668. The molecule has 0 aliphatic rings. The van der Waals surface area contributed by atoms with Crippen LogP contribution in [0.4, 0.5) is 0 Å². The van der Waals surface area contributed by atoms with Crippen LogP contribution in [-0.4, -0.2) is 9.97 Å². The fourth-order valence-electron chi connectivity index (χ4n) is 8.07. The summed E-state index contributed by atoms with van der Waals surface area (Å²) in [5.41, 5.74) is 14.7. The highest BCUT2D eigenvalue weighted by molar-refractivity contribution is 6.13. The van der Waals surface area contributed by atoms with E-state index in [1.54, 1.807) is 0 Å². The van der Waals surface area contributed by atoms with Gasteiger partial charge >= 0.3 is 0 Å². The van der Waals surface area contributed by atoms with Crippen molar-refractivity contribution in [2.75, 3.05) is 0 Å². The number of para-hydroxylation sites is 2. The van der Waals surface area contributed by atoms with E-state index in [1.165, 1.54) is 0 Å². The van der Waals surface area contributed by atoms with E-state index >= 15 is 0 Å². The van der Waals surface area contributed by atoms with E-state index in [9.17, 15) is 0 Å². The highest BCUT2D eigenvalue weighted by Crippen LogP contribution is 2.41. The summed E-state index contributed by atoms with van der Waals surface area (Å²) in [6, 6.07) is 67.4. The van der Waals surface area contributed by atoms with Gasteiger partial charge in [-0.2, -0.15) is 0 Å². The first-order valence-electron chi connectivity index (χ1n) is 18.8. The van der Waals surface area contributed by atoms with Gasteiger partial charge in [0.05, 0.1) is 11.4 Å². The van der Waals surface area contributed by atoms with E-state index in [1.807, 2.05) is 42.5 Å². The van der Waals surface area contributed by atoms with E-state index in [4.69, 9.17) is 18.8 Å². The Morgan fingerprint density at radius 2 is 0.732 bits per heavy atom. The average molecular weight is 717 g/mol. The van der Waals surface area contributed by atoms with Gasteiger partial charge in [-0.3, -0.25) is 0 Å². The van der Waals surface area contributed by atoms with Gasteiger partial charge in [0.2, 0.25) is 0 Å². The SMILES string of the molecule is c1ccc(-c2cc(-c3cc(-c4ccccc4)nc(-c4cccc(-c5cccc6oc7ccccc7c56)c4)n3)cc(-c3cccc4oc5ccccc5c34)c2)cc1. The average Bonchev–Trinajstić information content (AvgIpc) is 3.86. The number of hydrogen-bond donors (Lipinski definition) is 0. The lowest BCUT2D eigenvalue weighted by Gasteiger charge is -2.14. The number of nitrogens with zero attached hydrogens (tertiary/aromatic N) is 2. The van der Waals surface area contributed by atoms with Gasteiger partial charge in [-0.1, -0.05) is 140 Å². The lowest BCUT2D eigenvalue weighted by atomic mass is 9.92. The molecule has 4 nitrogen and oxygen atoms in total. The summed E-state index contributed by atoms with van der Waals surface area (Å²) < 4.78 is 12.6. The Balaban J connectivity index is 1.12. The Kier molecular flexibility index (Phi) is 7.46. The van der Waals surface area contributed by atoms with Crippen LogP contribution in [-0.2, 0) is 0 Å². The molecule has 0 bridgehead atoms. The van der Waals surface area contributed by atoms with Crippen molar-refractivity contribution in [1.82, 2.24) is 9.97 Å². The van der Waals surface area contributed by atoms with Crippen LogP contribution in [0, 0.1) is 0 Å². The Morgan fingerprint density at radius 3 is 1.39 bits per heavy atom. The molecule has 11 aromatic rings. The first kappa shape index (κ1) is 31.9. The molecule has 0 fully saturated rings. The molecule has 0 aliphatic heterocycles. The second kappa shape index (κ2) is 13.1. The van der Waals surface area contributed by atoms with Crippen LogP contribution in [0.3, 0.4) is 0 Å². The van der Waals surface area contributed by atoms with Crippen molar-refractivity contribution in [2.24, 2.45) is 0 Å². The highest BCUT2D eigenvalue weighted by atomic mass is 16.3. The third kappa shape index (κ3) is 5.47. The maximum absolute atomic E-state index is 6.33. The highest BCUT2D eigenvalue weighted by Gasteiger charge is 2.18. The first-order chi connectivity index (χ1) is 27.7. The molecular weight excluding hydrogens is 685 g/mol. The fraction of sp³-hybridized carbons (Fsp3) is 0. The number of furan rings is 2. The van der Waals surface area contributed by atoms with E-state index in [-0.39, 0.29) is 0 Å². The number of benzene rings is 8. The molecule has 0 saturated heterocycles. The zero-order chi connectivity index (χ0) is 37.0. The molecule has 0 atom stereocenters. The number of hydrogen-bond acceptors (Lipinski definition) is 4. The summed E-state index contributed by atoms with van der Waals surface area (Å²) in [6.45, 7) is 0. The van der Waals surface area contributed by atoms with Crippen molar-refractivity contribution in [3.05, 3.63) is 194 Å². The zero-order valence-electron chi connectivity index (χ0n) is 30.2. The predicted molar refractivity (Wildman–Crippen MR) is 229 cm³/mol. The van der Waals surface area contributed by atoms with Crippen molar-refractivity contribution < 1.29 is 8.83 Å². The Labute approximate surface area is 323 Å². The van der Waals surface area contributed by atoms with Gasteiger partial charge in [0, 0.05) is 38.2 Å². The summed E-state index contributed by atoms with van der Waals surface area (Å²) in [5.74, 6) is 0.655. The van der Waals surface area contributed by atoms with Gasteiger partial charge in [-0.15, -0.1) is 0 Å². The van der Waals surface area contributed by atoms with Gasteiger partial charge < -0.3 is 8.83 Å². The van der Waals surface area contributed by atoms with Crippen molar-refractivity contribution in [3.63, 3.8) is 0 Å². The van der Waals surface area contributed by atoms with Crippen LogP contribution in [0.15, 0.2) is 203 Å². The van der Waals surface area contributed by atoms with Crippen LogP contribution < -0.4 is 0 Å². The monoisotopic (exact) mass is 716 g/mol. The number of rotatable bonds is 6. The first-order valence-corrected chi connectivity index (χ1v) is 18.8. The number of fused-ring (bicyclic) bond motifs is 6. The van der Waals surface area contributed by atoms with E-state index in [2.05, 4.69) is 152 Å². The molecule has 0 aliphatic carbocycles. The molecule has 11 rings (SSSR count). The molecule has 0 unspecified atom stereocenters. The Bertz CT molecular complexity index is 3250. The van der Waals surface area contributed by atoms with E-state index in [0.29, 0.717) is 5.82 Å². The maximum Gasteiger partial charge on any atom is 0.160 e.